The molecule has 0 bridgehead atoms. The zero-order valence-corrected chi connectivity index (χ0v) is 10.0. The largest absolute Gasteiger partial charge is 0.462 e. The van der Waals surface area contributed by atoms with E-state index in [1.54, 1.807) is 0 Å². The van der Waals surface area contributed by atoms with Gasteiger partial charge >= 0.3 is 12.2 Å². The monoisotopic (exact) mass is 246 g/mol. The molecule has 1 saturated heterocycles. The highest BCUT2D eigenvalue weighted by atomic mass is 16.5. The molecule has 0 saturated carbocycles. The predicted molar refractivity (Wildman–Crippen MR) is 59.4 cm³/mol. The third kappa shape index (κ3) is 6.62. The lowest BCUT2D eigenvalue weighted by Crippen LogP contribution is -2.24. The molecule has 17 heavy (non-hydrogen) atoms. The third-order valence-corrected chi connectivity index (χ3v) is 2.69. The Balaban J connectivity index is 0.000000304. The Labute approximate surface area is 99.5 Å². The number of carboxylic acid groups (broad SMARTS) is 2. The predicted octanol–water partition coefficient (Wildman–Crippen LogP) is 3.15. The minimum absolute atomic E-state index is 0.278. The van der Waals surface area contributed by atoms with E-state index < -0.39 is 12.2 Å². The first kappa shape index (κ1) is 15.5. The van der Waals surface area contributed by atoms with Crippen LogP contribution in [0.4, 0.5) is 9.59 Å². The van der Waals surface area contributed by atoms with Gasteiger partial charge in [-0.05, 0) is 25.7 Å². The summed E-state index contributed by atoms with van der Waals surface area (Å²) in [5.41, 5.74) is 0.278. The molecule has 2 amide bonds. The van der Waals surface area contributed by atoms with Crippen molar-refractivity contribution >= 4 is 12.2 Å². The molecule has 0 radical (unpaired) electrons. The SMILES string of the molecule is CCC1(CC)CCCO1.O=C(O)N=NC(=O)O. The van der Waals surface area contributed by atoms with Gasteiger partial charge in [0.2, 0.25) is 0 Å². The molecule has 0 aromatic rings. The van der Waals surface area contributed by atoms with E-state index in [-0.39, 0.29) is 5.60 Å². The lowest BCUT2D eigenvalue weighted by molar-refractivity contribution is -0.00190. The fraction of sp³-hybridized carbons (Fsp3) is 0.800. The van der Waals surface area contributed by atoms with Crippen LogP contribution in [0.5, 0.6) is 0 Å². The van der Waals surface area contributed by atoms with Gasteiger partial charge in [-0.15, -0.1) is 0 Å². The number of ether oxygens (including phenoxy) is 1. The average Bonchev–Trinajstić information content (AvgIpc) is 2.76. The van der Waals surface area contributed by atoms with Crippen LogP contribution >= 0.6 is 0 Å². The van der Waals surface area contributed by atoms with Gasteiger partial charge in [-0.2, -0.15) is 0 Å². The molecule has 98 valence electrons. The van der Waals surface area contributed by atoms with Crippen LogP contribution in [-0.4, -0.2) is 34.6 Å². The first-order valence-corrected chi connectivity index (χ1v) is 5.47. The molecular formula is C10H18N2O5. The third-order valence-electron chi connectivity index (χ3n) is 2.69. The zero-order valence-electron chi connectivity index (χ0n) is 10.0. The van der Waals surface area contributed by atoms with Crippen LogP contribution in [-0.2, 0) is 4.74 Å². The molecule has 1 rings (SSSR count). The van der Waals surface area contributed by atoms with Gasteiger partial charge in [-0.1, -0.05) is 24.1 Å². The Bertz CT molecular complexity index is 262. The van der Waals surface area contributed by atoms with Crippen LogP contribution in [0.25, 0.3) is 0 Å². The smallest absolute Gasteiger partial charge is 0.450 e. The van der Waals surface area contributed by atoms with Gasteiger partial charge in [0.25, 0.3) is 0 Å². The van der Waals surface area contributed by atoms with E-state index in [1.807, 2.05) is 0 Å². The number of hydrogen-bond acceptors (Lipinski definition) is 3. The van der Waals surface area contributed by atoms with Crippen LogP contribution in [0.15, 0.2) is 10.2 Å². The van der Waals surface area contributed by atoms with E-state index in [1.165, 1.54) is 25.7 Å². The van der Waals surface area contributed by atoms with Crippen LogP contribution < -0.4 is 0 Å². The van der Waals surface area contributed by atoms with Gasteiger partial charge in [0.05, 0.1) is 5.60 Å². The van der Waals surface area contributed by atoms with E-state index in [0.717, 1.165) is 6.61 Å². The molecular weight excluding hydrogens is 228 g/mol. The van der Waals surface area contributed by atoms with Crippen molar-refractivity contribution in [1.82, 2.24) is 0 Å². The van der Waals surface area contributed by atoms with E-state index in [0.29, 0.717) is 0 Å². The number of amides is 2. The van der Waals surface area contributed by atoms with Gasteiger partial charge in [-0.3, -0.25) is 0 Å². The van der Waals surface area contributed by atoms with E-state index in [9.17, 15) is 9.59 Å². The van der Waals surface area contributed by atoms with Gasteiger partial charge in [0.15, 0.2) is 0 Å². The van der Waals surface area contributed by atoms with Crippen LogP contribution in [0, 0.1) is 0 Å². The summed E-state index contributed by atoms with van der Waals surface area (Å²) in [4.78, 5) is 18.8. The summed E-state index contributed by atoms with van der Waals surface area (Å²) in [6.07, 6.45) is 1.68. The van der Waals surface area contributed by atoms with E-state index in [4.69, 9.17) is 14.9 Å². The summed E-state index contributed by atoms with van der Waals surface area (Å²) in [5, 5.41) is 19.8. The standard InChI is InChI=1S/C8H16O.C2H2N2O4/c1-3-8(4-2)6-5-7-9-8;5-1(6)3-4-2(7)8/h3-7H2,1-2H3;(H,5,6)(H,7,8). The van der Waals surface area contributed by atoms with Crippen molar-refractivity contribution in [3.8, 4) is 0 Å². The number of carbonyl (C=O) groups is 2. The summed E-state index contributed by atoms with van der Waals surface area (Å²) in [6, 6.07) is 0. The summed E-state index contributed by atoms with van der Waals surface area (Å²) in [5.74, 6) is 0. The molecule has 0 aromatic carbocycles. The Morgan fingerprint density at radius 1 is 1.18 bits per heavy atom. The van der Waals surface area contributed by atoms with E-state index in [2.05, 4.69) is 24.1 Å². The molecule has 0 atom stereocenters. The number of nitrogens with zero attached hydrogens (tertiary/aromatic N) is 2. The molecule has 1 heterocycles. The first-order chi connectivity index (χ1) is 7.95. The molecule has 1 aliphatic rings. The quantitative estimate of drug-likeness (QED) is 0.727. The minimum atomic E-state index is -1.62. The maximum atomic E-state index is 9.38. The normalized spacial score (nSPS) is 17.5. The fourth-order valence-electron chi connectivity index (χ4n) is 1.65. The Kier molecular flexibility index (Phi) is 7.04. The summed E-state index contributed by atoms with van der Waals surface area (Å²) >= 11 is 0. The second kappa shape index (κ2) is 7.72. The molecule has 1 fully saturated rings. The second-order valence-corrected chi connectivity index (χ2v) is 3.61. The number of rotatable bonds is 2. The number of azo groups is 1. The molecule has 0 unspecified atom stereocenters. The van der Waals surface area contributed by atoms with Crippen molar-refractivity contribution in [2.24, 2.45) is 10.2 Å². The van der Waals surface area contributed by atoms with Crippen molar-refractivity contribution in [2.75, 3.05) is 6.61 Å². The van der Waals surface area contributed by atoms with E-state index >= 15 is 0 Å². The van der Waals surface area contributed by atoms with Crippen LogP contribution in [0.2, 0.25) is 0 Å². The highest BCUT2D eigenvalue weighted by Gasteiger charge is 2.30. The fourth-order valence-corrected chi connectivity index (χ4v) is 1.65. The summed E-state index contributed by atoms with van der Waals surface area (Å²) in [6.45, 7) is 5.42. The Morgan fingerprint density at radius 2 is 1.65 bits per heavy atom. The highest BCUT2D eigenvalue weighted by molar-refractivity contribution is 5.70. The molecule has 0 aliphatic carbocycles. The van der Waals surface area contributed by atoms with Gasteiger partial charge in [-0.25, -0.2) is 9.59 Å². The van der Waals surface area contributed by atoms with Crippen LogP contribution in [0.3, 0.4) is 0 Å². The molecule has 0 spiro atoms. The number of hydrogen-bond donors (Lipinski definition) is 2. The molecule has 1 aliphatic heterocycles. The van der Waals surface area contributed by atoms with Gasteiger partial charge in [0.1, 0.15) is 0 Å². The summed E-state index contributed by atoms with van der Waals surface area (Å²) < 4.78 is 5.64. The average molecular weight is 246 g/mol. The van der Waals surface area contributed by atoms with Crippen LogP contribution in [0.1, 0.15) is 39.5 Å². The van der Waals surface area contributed by atoms with Crippen molar-refractivity contribution in [3.05, 3.63) is 0 Å². The van der Waals surface area contributed by atoms with Crippen molar-refractivity contribution in [1.29, 1.82) is 0 Å². The Morgan fingerprint density at radius 3 is 1.82 bits per heavy atom. The van der Waals surface area contributed by atoms with Gasteiger partial charge in [0, 0.05) is 6.61 Å². The maximum absolute atomic E-state index is 9.38. The summed E-state index contributed by atoms with van der Waals surface area (Å²) in [7, 11) is 0. The van der Waals surface area contributed by atoms with Crippen molar-refractivity contribution in [3.63, 3.8) is 0 Å². The second-order valence-electron chi connectivity index (χ2n) is 3.61. The van der Waals surface area contributed by atoms with Crippen molar-refractivity contribution < 1.29 is 24.5 Å². The van der Waals surface area contributed by atoms with Crippen molar-refractivity contribution in [2.45, 2.75) is 45.1 Å². The molecule has 7 heteroatoms. The lowest BCUT2D eigenvalue weighted by Gasteiger charge is -2.24. The topological polar surface area (TPSA) is 109 Å². The highest BCUT2D eigenvalue weighted by Crippen LogP contribution is 2.31. The van der Waals surface area contributed by atoms with Gasteiger partial charge < -0.3 is 14.9 Å². The zero-order chi connectivity index (χ0) is 13.3. The maximum Gasteiger partial charge on any atom is 0.450 e. The molecule has 2 N–H and O–H groups in total. The molecule has 7 nitrogen and oxygen atoms in total. The first-order valence-electron chi connectivity index (χ1n) is 5.47. The Hall–Kier alpha value is -1.50. The lowest BCUT2D eigenvalue weighted by atomic mass is 9.94. The minimum Gasteiger partial charge on any atom is -0.462 e. The molecule has 0 aromatic heterocycles.